The zero-order valence-electron chi connectivity index (χ0n) is 50.5. The fourth-order valence-electron chi connectivity index (χ4n) is 10.5. The van der Waals surface area contributed by atoms with Crippen LogP contribution in [0.4, 0.5) is 105 Å². The van der Waals surface area contributed by atoms with Crippen molar-refractivity contribution in [1.82, 2.24) is 0 Å². The second kappa shape index (κ2) is 33.7. The molecule has 15 radical (unpaired) electrons. The molecule has 4 aliphatic rings. The molecule has 0 unspecified atom stereocenters. The van der Waals surface area contributed by atoms with Crippen LogP contribution >= 0.6 is 7.92 Å². The minimum Gasteiger partial charge on any atom is -0.478 e. The average molecular weight is 1640 g/mol. The maximum Gasteiger partial charge on any atom is 2.00 e. The van der Waals surface area contributed by atoms with Crippen LogP contribution in [0.5, 0.6) is 0 Å². The fraction of sp³-hybridized carbons (Fsp3) is 0.250. The molecule has 1 aliphatic heterocycles. The number of nitrogens with zero attached hydrogens (tertiary/aromatic N) is 1. The molecule has 1 atom stereocenters. The Bertz CT molecular complexity index is 3030. The van der Waals surface area contributed by atoms with Crippen LogP contribution < -0.4 is 32.5 Å². The number of hydrogen-bond donors (Lipinski definition) is 0. The van der Waals surface area contributed by atoms with E-state index < -0.39 is 203 Å². The molecule has 3 aliphatic carbocycles. The summed E-state index contributed by atoms with van der Waals surface area (Å²) in [6.07, 6.45) is -24.3. The number of ether oxygens (including phenoxy) is 1. The monoisotopic (exact) mass is 1650 g/mol. The average Bonchev–Trinajstić information content (AvgIpc) is 0.772. The zero-order valence-corrected chi connectivity index (χ0v) is 54.9. The van der Waals surface area contributed by atoms with Crippen LogP contribution in [0.2, 0.25) is 0 Å². The SMILES string of the molecule is CC(C)[C@H]1COC([C]2[CH][CH][CH][C]2P(c2ccccc2)c2ccccc2)=N1.FC(F)(F)c1cc([B-](c2cc(C(F)(F)F)cc(C(F)(F)F)c2)(c2cc(C(F)(F)F)cc(C(F)(F)F)c2)c2cc(C(F)(F)F)cc(C(F)(F)F)c2)cc(C(F)(F)F)c1.[CH]1[CH]CC[CH][CH]CC1.[CH]1[CH][CH][CH][CH]1.[Fe+2].[Ir]. The molecule has 2 nitrogen and oxygen atoms in total. The summed E-state index contributed by atoms with van der Waals surface area (Å²) in [6.45, 7) is 5.09. The third-order valence-corrected chi connectivity index (χ3v) is 17.6. The number of hydrogen-bond acceptors (Lipinski definition) is 2. The Morgan fingerprint density at radius 1 is 0.378 bits per heavy atom. The van der Waals surface area contributed by atoms with Gasteiger partial charge in [-0.05, 0) is 151 Å². The van der Waals surface area contributed by atoms with Crippen molar-refractivity contribution < 1.29 is 147 Å². The minimum absolute atomic E-state index is 0. The minimum atomic E-state index is -6.13. The molecule has 0 aromatic heterocycles. The van der Waals surface area contributed by atoms with Gasteiger partial charge in [0.15, 0.2) is 5.90 Å². The van der Waals surface area contributed by atoms with E-state index in [1.165, 1.54) is 42.0 Å². The molecule has 6 aromatic rings. The topological polar surface area (TPSA) is 21.6 Å². The first-order valence-corrected chi connectivity index (χ1v) is 30.0. The zero-order chi connectivity index (χ0) is 71.0. The largest absolute Gasteiger partial charge is 2.00 e. The van der Waals surface area contributed by atoms with Crippen LogP contribution in [-0.2, 0) is 91.3 Å². The fourth-order valence-corrected chi connectivity index (χ4v) is 12.9. The number of aliphatic imine (C=N–C) groups is 1. The van der Waals surface area contributed by atoms with E-state index in [1.807, 2.05) is 32.1 Å². The molecule has 0 spiro atoms. The Kier molecular flexibility index (Phi) is 28.7. The van der Waals surface area contributed by atoms with Gasteiger partial charge in [0.1, 0.15) is 12.8 Å². The van der Waals surface area contributed by atoms with Crippen LogP contribution in [0.1, 0.15) is 84.0 Å². The van der Waals surface area contributed by atoms with E-state index in [1.54, 1.807) is 0 Å². The van der Waals surface area contributed by atoms with E-state index in [0.29, 0.717) is 12.5 Å². The van der Waals surface area contributed by atoms with Crippen molar-refractivity contribution in [3.8, 4) is 0 Å². The van der Waals surface area contributed by atoms with E-state index in [2.05, 4.69) is 119 Å². The van der Waals surface area contributed by atoms with E-state index in [9.17, 15) is 105 Å². The molecule has 3 saturated carbocycles. The third kappa shape index (κ3) is 21.9. The van der Waals surface area contributed by atoms with E-state index in [0.717, 1.165) is 11.8 Å². The van der Waals surface area contributed by atoms with Crippen molar-refractivity contribution in [2.75, 3.05) is 6.61 Å². The van der Waals surface area contributed by atoms with Crippen LogP contribution in [0.25, 0.3) is 0 Å². The van der Waals surface area contributed by atoms with Gasteiger partial charge in [-0.3, -0.25) is 0 Å². The molecule has 6 aromatic carbocycles. The van der Waals surface area contributed by atoms with Crippen LogP contribution in [0.3, 0.4) is 0 Å². The Balaban J connectivity index is 0.000000342. The Morgan fingerprint density at radius 3 is 0.857 bits per heavy atom. The van der Waals surface area contributed by atoms with Crippen LogP contribution in [0.15, 0.2) is 138 Å². The summed E-state index contributed by atoms with van der Waals surface area (Å²) in [5.74, 6) is 2.45. The first kappa shape index (κ1) is 83.4. The van der Waals surface area contributed by atoms with Gasteiger partial charge in [-0.2, -0.15) is 127 Å². The Labute approximate surface area is 576 Å². The molecule has 0 N–H and O–H groups in total. The van der Waals surface area contributed by atoms with Crippen molar-refractivity contribution in [3.63, 3.8) is 0 Å². The van der Waals surface area contributed by atoms with E-state index >= 15 is 0 Å². The van der Waals surface area contributed by atoms with Crippen molar-refractivity contribution in [1.29, 1.82) is 0 Å². The molecule has 0 bridgehead atoms. The van der Waals surface area contributed by atoms with Gasteiger partial charge < -0.3 is 4.74 Å². The van der Waals surface area contributed by atoms with Crippen LogP contribution in [-0.4, -0.2) is 24.7 Å². The quantitative estimate of drug-likeness (QED) is 0.0803. The predicted molar refractivity (Wildman–Crippen MR) is 318 cm³/mol. The van der Waals surface area contributed by atoms with Crippen molar-refractivity contribution in [3.05, 3.63) is 267 Å². The standard InChI is InChI=1S/C32H12BF24.C23H23NOP.C8H12.C5H5.Fe.Ir/c34-25(35,36)13-1-14(26(37,38)39)6-21(5-13)33(22-7-15(27(40,41)42)2-16(8-22)28(43,44)45,23-9-17(29(46,47)48)3-18(10-23)30(49,50)51)24-11-19(31(52,53)54)4-20(12-24)32(55,56)57;1-17(2)21-16-25-23(24-21)20-14-9-15-22(20)26(18-10-5-3-6-11-18)19-12-7-4-8-13-19;1-2-4-6-8-7-5-3-1;1-2-4-5-3-1;;/h1-12H;3-15,17,21H,16H2,1-2H3;1-2,7-8H,3-6H2;1-5H;;/q-1;;;;+2;/t;21-;;;;/m.1..../s1. The third-order valence-electron chi connectivity index (χ3n) is 15.1. The van der Waals surface area contributed by atoms with Gasteiger partial charge in [0.05, 0.1) is 56.5 Å². The second-order valence-electron chi connectivity index (χ2n) is 22.2. The summed E-state index contributed by atoms with van der Waals surface area (Å²) >= 11 is 0. The van der Waals surface area contributed by atoms with Gasteiger partial charge in [0.2, 0.25) is 0 Å². The maximum absolute atomic E-state index is 14.2. The predicted octanol–water partition coefficient (Wildman–Crippen LogP) is 18.9. The summed E-state index contributed by atoms with van der Waals surface area (Å²) in [6, 6.07) is 13.0. The Morgan fingerprint density at radius 2 is 0.633 bits per heavy atom. The molecule has 3 fully saturated rings. The van der Waals surface area contributed by atoms with Gasteiger partial charge in [-0.15, -0.1) is 0 Å². The molecule has 1 heterocycles. The molecule has 10 rings (SSSR count). The van der Waals surface area contributed by atoms with E-state index in [4.69, 9.17) is 9.73 Å². The summed E-state index contributed by atoms with van der Waals surface area (Å²) in [5, 5.41) is 2.69. The summed E-state index contributed by atoms with van der Waals surface area (Å²) < 4.78 is 347. The van der Waals surface area contributed by atoms with Gasteiger partial charge in [0, 0.05) is 25.8 Å². The number of halogens is 24. The van der Waals surface area contributed by atoms with Gasteiger partial charge in [-0.25, -0.2) is 4.99 Å². The second-order valence-corrected chi connectivity index (χ2v) is 24.4. The van der Waals surface area contributed by atoms with Gasteiger partial charge in [0.25, 0.3) is 0 Å². The number of alkyl halides is 24. The smallest absolute Gasteiger partial charge is 0.478 e. The maximum atomic E-state index is 14.2. The molecule has 527 valence electrons. The molecule has 0 saturated heterocycles. The normalized spacial score (nSPS) is 17.2. The van der Waals surface area contributed by atoms with Gasteiger partial charge in [-0.1, -0.05) is 123 Å². The number of rotatable bonds is 9. The summed E-state index contributed by atoms with van der Waals surface area (Å²) in [4.78, 5) is 4.87. The Hall–Kier alpha value is -5.23. The number of benzene rings is 6. The first-order chi connectivity index (χ1) is 44.5. The molecule has 0 amide bonds. The van der Waals surface area contributed by atoms with E-state index in [-0.39, 0.29) is 43.2 Å². The van der Waals surface area contributed by atoms with Crippen molar-refractivity contribution in [2.45, 2.75) is 95.0 Å². The molecular weight excluding hydrogens is 1590 g/mol. The van der Waals surface area contributed by atoms with Crippen molar-refractivity contribution in [2.24, 2.45) is 10.9 Å². The summed E-state index contributed by atoms with van der Waals surface area (Å²) in [7, 11) is -0.636. The van der Waals surface area contributed by atoms with Crippen molar-refractivity contribution >= 4 is 52.4 Å². The molecule has 30 heteroatoms. The van der Waals surface area contributed by atoms with Gasteiger partial charge >= 0.3 is 66.5 Å². The molecule has 98 heavy (non-hydrogen) atoms. The molecular formula is C68H52BF24FeIrNOP+. The summed E-state index contributed by atoms with van der Waals surface area (Å²) in [5.41, 5.74) is -28.9. The van der Waals surface area contributed by atoms with Crippen LogP contribution in [0, 0.1) is 94.5 Å². The first-order valence-electron chi connectivity index (χ1n) is 28.7.